The number of carbonyl (C=O) groups is 1. The van der Waals surface area contributed by atoms with Gasteiger partial charge < -0.3 is 35.1 Å². The van der Waals surface area contributed by atoms with Crippen molar-refractivity contribution in [2.24, 2.45) is 0 Å². The molecule has 0 aliphatic heterocycles. The van der Waals surface area contributed by atoms with Crippen molar-refractivity contribution in [3.63, 3.8) is 0 Å². The first-order valence-corrected chi connectivity index (χ1v) is 9.68. The van der Waals surface area contributed by atoms with Crippen molar-refractivity contribution < 1.29 is 19.0 Å². The van der Waals surface area contributed by atoms with Crippen LogP contribution in [0.4, 0.5) is 33.4 Å². The molecule has 3 rings (SSSR count). The summed E-state index contributed by atoms with van der Waals surface area (Å²) in [6.07, 6.45) is 1.69. The summed E-state index contributed by atoms with van der Waals surface area (Å²) < 4.78 is 15.9. The minimum atomic E-state index is -0.412. The van der Waals surface area contributed by atoms with E-state index >= 15 is 0 Å². The molecular weight excluding hydrogens is 412 g/mol. The number of nitrogens with zero attached hydrogens (tertiary/aromatic N) is 3. The van der Waals surface area contributed by atoms with Gasteiger partial charge in [-0.3, -0.25) is 0 Å². The van der Waals surface area contributed by atoms with E-state index in [1.165, 1.54) is 21.3 Å². The van der Waals surface area contributed by atoms with E-state index < -0.39 is 6.03 Å². The molecule has 1 aromatic heterocycles. The van der Waals surface area contributed by atoms with E-state index in [2.05, 4.69) is 26.1 Å². The minimum absolute atomic E-state index is 0.412. The molecule has 0 unspecified atom stereocenters. The van der Waals surface area contributed by atoms with Crippen LogP contribution in [0, 0.1) is 0 Å². The van der Waals surface area contributed by atoms with Crippen molar-refractivity contribution in [2.75, 3.05) is 56.3 Å². The van der Waals surface area contributed by atoms with Gasteiger partial charge in [0.25, 0.3) is 0 Å². The normalized spacial score (nSPS) is 10.2. The predicted molar refractivity (Wildman–Crippen MR) is 125 cm³/mol. The van der Waals surface area contributed by atoms with Gasteiger partial charge in [0.15, 0.2) is 17.3 Å². The predicted octanol–water partition coefficient (Wildman–Crippen LogP) is 3.96. The molecule has 0 saturated carbocycles. The molecule has 0 aliphatic carbocycles. The second kappa shape index (κ2) is 10.2. The Morgan fingerprint density at radius 1 is 0.844 bits per heavy atom. The lowest BCUT2D eigenvalue weighted by Crippen LogP contribution is -2.19. The molecule has 0 saturated heterocycles. The number of carbonyl (C=O) groups excluding carboxylic acids is 1. The number of hydrogen-bond acceptors (Lipinski definition) is 8. The molecule has 0 aliphatic rings. The number of urea groups is 1. The maximum absolute atomic E-state index is 12.4. The average Bonchev–Trinajstić information content (AvgIpc) is 2.79. The molecule has 3 aromatic rings. The van der Waals surface area contributed by atoms with Crippen LogP contribution in [0.15, 0.2) is 48.7 Å². The summed E-state index contributed by atoms with van der Waals surface area (Å²) in [6, 6.07) is 12.0. The van der Waals surface area contributed by atoms with Crippen LogP contribution in [0.3, 0.4) is 0 Å². The number of benzene rings is 2. The molecule has 2 amide bonds. The number of rotatable bonds is 8. The maximum atomic E-state index is 12.4. The molecule has 168 valence electrons. The van der Waals surface area contributed by atoms with Crippen molar-refractivity contribution in [3.05, 3.63) is 48.7 Å². The van der Waals surface area contributed by atoms with Crippen LogP contribution in [0.2, 0.25) is 0 Å². The Labute approximate surface area is 186 Å². The zero-order valence-electron chi connectivity index (χ0n) is 18.6. The molecule has 0 atom stereocenters. The number of methoxy groups -OCH3 is 3. The van der Waals surface area contributed by atoms with E-state index in [0.717, 1.165) is 11.4 Å². The molecule has 0 bridgehead atoms. The highest BCUT2D eigenvalue weighted by molar-refractivity contribution is 6.00. The summed E-state index contributed by atoms with van der Waals surface area (Å²) in [6.45, 7) is 0. The van der Waals surface area contributed by atoms with Gasteiger partial charge in [0.2, 0.25) is 5.75 Å². The lowest BCUT2D eigenvalue weighted by Gasteiger charge is -2.15. The van der Waals surface area contributed by atoms with Gasteiger partial charge in [-0.2, -0.15) is 5.10 Å². The molecule has 0 fully saturated rings. The van der Waals surface area contributed by atoms with E-state index in [0.29, 0.717) is 34.4 Å². The number of amides is 2. The highest BCUT2D eigenvalue weighted by Gasteiger charge is 2.14. The van der Waals surface area contributed by atoms with Gasteiger partial charge in [-0.05, 0) is 24.3 Å². The van der Waals surface area contributed by atoms with Crippen molar-refractivity contribution >= 4 is 34.6 Å². The topological polar surface area (TPSA) is 110 Å². The number of anilines is 5. The number of ether oxygens (including phenoxy) is 3. The number of hydrogen-bond donors (Lipinski definition) is 3. The highest BCUT2D eigenvalue weighted by Crippen LogP contribution is 2.39. The molecular formula is C22H26N6O4. The van der Waals surface area contributed by atoms with Crippen LogP contribution in [-0.4, -0.2) is 51.7 Å². The van der Waals surface area contributed by atoms with Crippen molar-refractivity contribution in [2.45, 2.75) is 0 Å². The van der Waals surface area contributed by atoms with Crippen LogP contribution >= 0.6 is 0 Å². The van der Waals surface area contributed by atoms with Crippen LogP contribution in [-0.2, 0) is 0 Å². The van der Waals surface area contributed by atoms with Crippen molar-refractivity contribution in [1.29, 1.82) is 0 Å². The summed E-state index contributed by atoms with van der Waals surface area (Å²) in [7, 11) is 8.41. The molecule has 3 N–H and O–H groups in total. The lowest BCUT2D eigenvalue weighted by atomic mass is 10.2. The fraction of sp³-hybridized carbons (Fsp3) is 0.227. The Morgan fingerprint density at radius 3 is 2.00 bits per heavy atom. The van der Waals surface area contributed by atoms with E-state index in [4.69, 9.17) is 14.2 Å². The van der Waals surface area contributed by atoms with Gasteiger partial charge in [-0.25, -0.2) is 4.79 Å². The Balaban J connectivity index is 1.64. The average molecular weight is 438 g/mol. The molecule has 0 spiro atoms. The van der Waals surface area contributed by atoms with E-state index in [-0.39, 0.29) is 0 Å². The Kier molecular flexibility index (Phi) is 7.17. The number of nitrogens with one attached hydrogen (secondary N) is 3. The van der Waals surface area contributed by atoms with E-state index in [1.54, 1.807) is 30.5 Å². The first-order chi connectivity index (χ1) is 15.4. The van der Waals surface area contributed by atoms with Crippen LogP contribution in [0.5, 0.6) is 17.2 Å². The van der Waals surface area contributed by atoms with E-state index in [1.807, 2.05) is 37.2 Å². The second-order valence-corrected chi connectivity index (χ2v) is 6.89. The largest absolute Gasteiger partial charge is 0.493 e. The van der Waals surface area contributed by atoms with Crippen molar-refractivity contribution in [3.8, 4) is 17.2 Å². The van der Waals surface area contributed by atoms with Gasteiger partial charge in [-0.15, -0.1) is 5.10 Å². The first-order valence-electron chi connectivity index (χ1n) is 9.68. The second-order valence-electron chi connectivity index (χ2n) is 6.89. The summed E-state index contributed by atoms with van der Waals surface area (Å²) in [5, 5.41) is 16.8. The monoisotopic (exact) mass is 438 g/mol. The Hall–Kier alpha value is -4.21. The van der Waals surface area contributed by atoms with Crippen molar-refractivity contribution in [1.82, 2.24) is 10.2 Å². The third kappa shape index (κ3) is 5.48. The highest BCUT2D eigenvalue weighted by atomic mass is 16.5. The number of aromatic nitrogens is 2. The van der Waals surface area contributed by atoms with Crippen LogP contribution < -0.4 is 35.1 Å². The van der Waals surface area contributed by atoms with Gasteiger partial charge in [0, 0.05) is 43.7 Å². The molecule has 10 nitrogen and oxygen atoms in total. The third-order valence-electron chi connectivity index (χ3n) is 4.49. The SMILES string of the molecule is COc1cc(NC(=O)Nc2ccc(Nc3cc(N(C)C)cnn3)cc2)cc(OC)c1OC. The summed E-state index contributed by atoms with van der Waals surface area (Å²) in [4.78, 5) is 14.4. The lowest BCUT2D eigenvalue weighted by molar-refractivity contribution is 0.262. The standard InChI is InChI=1S/C22H26N6O4/c1-28(2)17-12-20(27-23-13-17)24-14-6-8-15(9-7-14)25-22(29)26-16-10-18(30-3)21(32-5)19(11-16)31-4/h6-13H,1-5H3,(H,24,27)(H2,25,26,29). The molecule has 32 heavy (non-hydrogen) atoms. The minimum Gasteiger partial charge on any atom is -0.493 e. The molecule has 0 radical (unpaired) electrons. The Morgan fingerprint density at radius 2 is 1.44 bits per heavy atom. The van der Waals surface area contributed by atoms with Crippen LogP contribution in [0.25, 0.3) is 0 Å². The summed E-state index contributed by atoms with van der Waals surface area (Å²) in [5.74, 6) is 1.96. The first kappa shape index (κ1) is 22.5. The van der Waals surface area contributed by atoms with Gasteiger partial charge in [0.1, 0.15) is 0 Å². The zero-order valence-corrected chi connectivity index (χ0v) is 18.6. The maximum Gasteiger partial charge on any atom is 0.323 e. The molecule has 10 heteroatoms. The third-order valence-corrected chi connectivity index (χ3v) is 4.49. The zero-order chi connectivity index (χ0) is 23.1. The van der Waals surface area contributed by atoms with Gasteiger partial charge in [-0.1, -0.05) is 0 Å². The summed E-state index contributed by atoms with van der Waals surface area (Å²) in [5.41, 5.74) is 2.86. The van der Waals surface area contributed by atoms with E-state index in [9.17, 15) is 4.79 Å². The van der Waals surface area contributed by atoms with Gasteiger partial charge >= 0.3 is 6.03 Å². The summed E-state index contributed by atoms with van der Waals surface area (Å²) >= 11 is 0. The quantitative estimate of drug-likeness (QED) is 0.485. The fourth-order valence-electron chi connectivity index (χ4n) is 2.89. The van der Waals surface area contributed by atoms with Gasteiger partial charge in [0.05, 0.1) is 38.9 Å². The smallest absolute Gasteiger partial charge is 0.323 e. The van der Waals surface area contributed by atoms with Crippen LogP contribution in [0.1, 0.15) is 0 Å². The Bertz CT molecular complexity index is 1050. The fourth-order valence-corrected chi connectivity index (χ4v) is 2.89. The molecule has 2 aromatic carbocycles. The molecule has 1 heterocycles.